The highest BCUT2D eigenvalue weighted by atomic mass is 16.2. The smallest absolute Gasteiger partial charge is 0.248 e. The number of rotatable bonds is 9. The number of benzene rings is 2. The third-order valence-electron chi connectivity index (χ3n) is 8.13. The highest BCUT2D eigenvalue weighted by Gasteiger charge is 2.44. The maximum Gasteiger partial charge on any atom is 0.248 e. The maximum absolute atomic E-state index is 13.0. The van der Waals surface area contributed by atoms with Crippen LogP contribution in [0.5, 0.6) is 0 Å². The number of amidine groups is 1. The van der Waals surface area contributed by atoms with E-state index < -0.39 is 17.2 Å². The number of aryl methyl sites for hydroxylation is 2. The molecule has 2 aromatic rings. The molecule has 10 heteroatoms. The van der Waals surface area contributed by atoms with Gasteiger partial charge in [-0.1, -0.05) is 12.1 Å². The number of fused-ring (bicyclic) bond motifs is 2. The van der Waals surface area contributed by atoms with E-state index in [1.54, 1.807) is 17.0 Å². The van der Waals surface area contributed by atoms with Crippen LogP contribution in [0.4, 0.5) is 0 Å². The van der Waals surface area contributed by atoms with Crippen LogP contribution in [-0.4, -0.2) is 59.7 Å². The lowest BCUT2D eigenvalue weighted by Gasteiger charge is -2.39. The largest absolute Gasteiger partial charge is 0.386 e. The molecule has 4 rings (SSSR count). The van der Waals surface area contributed by atoms with Crippen LogP contribution in [-0.2, 0) is 23.1 Å². The molecule has 0 bridgehead atoms. The average Bonchev–Trinajstić information content (AvgIpc) is 3.37. The topological polar surface area (TPSA) is 181 Å². The second kappa shape index (κ2) is 12.1. The molecule has 1 fully saturated rings. The molecule has 2 aliphatic rings. The Kier molecular flexibility index (Phi) is 8.78. The minimum absolute atomic E-state index is 0.0809. The van der Waals surface area contributed by atoms with Crippen LogP contribution in [0, 0.1) is 11.3 Å². The van der Waals surface area contributed by atoms with E-state index in [1.807, 2.05) is 45.0 Å². The molecule has 1 unspecified atom stereocenters. The molecule has 1 aliphatic heterocycles. The van der Waals surface area contributed by atoms with Crippen LogP contribution in [0.3, 0.4) is 0 Å². The van der Waals surface area contributed by atoms with Crippen LogP contribution in [0.2, 0.25) is 0 Å². The van der Waals surface area contributed by atoms with Gasteiger partial charge in [-0.05, 0) is 99.4 Å². The lowest BCUT2D eigenvalue weighted by Crippen LogP contribution is -2.49. The minimum Gasteiger partial charge on any atom is -0.386 e. The van der Waals surface area contributed by atoms with Crippen molar-refractivity contribution in [2.24, 2.45) is 22.2 Å². The van der Waals surface area contributed by atoms with E-state index in [0.29, 0.717) is 49.2 Å². The Bertz CT molecular complexity index is 1360. The zero-order chi connectivity index (χ0) is 29.9. The molecule has 1 heterocycles. The van der Waals surface area contributed by atoms with Gasteiger partial charge in [-0.15, -0.1) is 0 Å². The number of carbonyl (C=O) groups is 3. The number of nitrogens with zero attached hydrogens (tertiary/aromatic N) is 3. The van der Waals surface area contributed by atoms with Crippen LogP contribution in [0.15, 0.2) is 41.4 Å². The number of nitrogens with one attached hydrogen (secondary N) is 1. The van der Waals surface area contributed by atoms with Gasteiger partial charge in [0.1, 0.15) is 11.9 Å². The van der Waals surface area contributed by atoms with Crippen LogP contribution in [0.1, 0.15) is 83.0 Å². The third-order valence-corrected chi connectivity index (χ3v) is 8.13. The summed E-state index contributed by atoms with van der Waals surface area (Å²) in [7, 11) is 0. The minimum atomic E-state index is -0.934. The summed E-state index contributed by atoms with van der Waals surface area (Å²) in [6.07, 6.45) is 3.13. The number of hydrogen-bond acceptors (Lipinski definition) is 6. The zero-order valence-electron chi connectivity index (χ0n) is 23.9. The van der Waals surface area contributed by atoms with E-state index in [1.165, 1.54) is 0 Å². The van der Waals surface area contributed by atoms with Crippen molar-refractivity contribution >= 4 is 23.6 Å². The Morgan fingerprint density at radius 3 is 2.07 bits per heavy atom. The fourth-order valence-electron chi connectivity index (χ4n) is 6.24. The van der Waals surface area contributed by atoms with E-state index in [9.17, 15) is 19.6 Å². The molecule has 3 amide bonds. The van der Waals surface area contributed by atoms with Crippen molar-refractivity contribution in [1.82, 2.24) is 10.2 Å². The van der Waals surface area contributed by atoms with Crippen molar-refractivity contribution in [3.8, 4) is 6.07 Å². The Hall–Kier alpha value is -4.23. The van der Waals surface area contributed by atoms with Gasteiger partial charge in [0.25, 0.3) is 0 Å². The lowest BCUT2D eigenvalue weighted by molar-refractivity contribution is -0.130. The van der Waals surface area contributed by atoms with Gasteiger partial charge >= 0.3 is 0 Å². The maximum atomic E-state index is 13.0. The van der Waals surface area contributed by atoms with Crippen molar-refractivity contribution in [3.05, 3.63) is 69.8 Å². The summed E-state index contributed by atoms with van der Waals surface area (Å²) in [6, 6.07) is 12.4. The molecule has 0 saturated carbocycles. The summed E-state index contributed by atoms with van der Waals surface area (Å²) in [6.45, 7) is 6.55. The number of carbonyl (C=O) groups excluding carboxylic acids is 3. The molecule has 1 saturated heterocycles. The van der Waals surface area contributed by atoms with Gasteiger partial charge in [0.15, 0.2) is 0 Å². The molecule has 1 aliphatic carbocycles. The first-order valence-electron chi connectivity index (χ1n) is 14.1. The molecular weight excluding hydrogens is 518 g/mol. The van der Waals surface area contributed by atoms with Gasteiger partial charge in [0, 0.05) is 29.8 Å². The Labute approximate surface area is 241 Å². The normalized spacial score (nSPS) is 18.7. The van der Waals surface area contributed by atoms with E-state index >= 15 is 0 Å². The summed E-state index contributed by atoms with van der Waals surface area (Å²) >= 11 is 0. The molecule has 0 spiro atoms. The Morgan fingerprint density at radius 1 is 1.02 bits per heavy atom. The molecule has 41 heavy (non-hydrogen) atoms. The molecule has 0 aromatic heterocycles. The fraction of sp³-hybridized carbons (Fsp3) is 0.452. The van der Waals surface area contributed by atoms with Crippen molar-refractivity contribution in [1.29, 1.82) is 5.26 Å². The number of amides is 3. The third kappa shape index (κ3) is 5.95. The second-order valence-corrected chi connectivity index (χ2v) is 11.3. The van der Waals surface area contributed by atoms with Crippen molar-refractivity contribution in [3.63, 3.8) is 0 Å². The molecule has 0 radical (unpaired) electrons. The zero-order valence-corrected chi connectivity index (χ0v) is 23.9. The highest BCUT2D eigenvalue weighted by Crippen LogP contribution is 2.44. The molecule has 7 N–H and O–H groups in total. The van der Waals surface area contributed by atoms with Crippen molar-refractivity contribution in [2.45, 2.75) is 76.4 Å². The summed E-state index contributed by atoms with van der Waals surface area (Å²) in [4.78, 5) is 43.6. The number of nitriles is 1. The fourth-order valence-corrected chi connectivity index (χ4v) is 6.24. The highest BCUT2D eigenvalue weighted by molar-refractivity contribution is 5.99. The van der Waals surface area contributed by atoms with Crippen LogP contribution < -0.4 is 22.5 Å². The number of aliphatic imine (C=N–C) groups is 1. The second-order valence-electron chi connectivity index (χ2n) is 11.3. The quantitative estimate of drug-likeness (QED) is 0.270. The van der Waals surface area contributed by atoms with Crippen LogP contribution >= 0.6 is 0 Å². The van der Waals surface area contributed by atoms with Gasteiger partial charge in [0.2, 0.25) is 17.7 Å². The number of primary amides is 2. The van der Waals surface area contributed by atoms with Gasteiger partial charge < -0.3 is 27.4 Å². The molecule has 10 nitrogen and oxygen atoms in total. The first kappa shape index (κ1) is 29.7. The standard InChI is InChI=1S/C31H39N7O3/c1-18(2)37-30(35)31(15-19(3)36-17-27(39)38-12-4-5-24(38)16-32)25-10-8-22(28(33)40)13-20(25)6-7-21-14-23(29(34)41)9-11-26(21)31/h8-11,13-14,18-19,24,36H,4-7,12,15,17H2,1-3H3,(H2,33,40)(H2,34,41)(H2,35,37)/t19-,24?/m1/s1. The molecule has 216 valence electrons. The van der Waals surface area contributed by atoms with Gasteiger partial charge in [-0.2, -0.15) is 5.26 Å². The predicted molar refractivity (Wildman–Crippen MR) is 157 cm³/mol. The van der Waals surface area contributed by atoms with Gasteiger partial charge in [-0.3, -0.25) is 19.4 Å². The van der Waals surface area contributed by atoms with E-state index in [-0.39, 0.29) is 30.6 Å². The Morgan fingerprint density at radius 2 is 1.59 bits per heavy atom. The SMILES string of the molecule is CC(C)N=C(N)C1(C[C@@H](C)NCC(=O)N2CCCC2C#N)c2ccc(C(N)=O)cc2CCc2cc(C(N)=O)ccc21. The average molecular weight is 558 g/mol. The van der Waals surface area contributed by atoms with E-state index in [0.717, 1.165) is 28.7 Å². The first-order valence-corrected chi connectivity index (χ1v) is 14.1. The molecule has 2 atom stereocenters. The number of nitrogens with two attached hydrogens (primary N) is 3. The van der Waals surface area contributed by atoms with Crippen molar-refractivity contribution in [2.75, 3.05) is 13.1 Å². The number of hydrogen-bond donors (Lipinski definition) is 4. The number of likely N-dealkylation sites (tertiary alicyclic amines) is 1. The van der Waals surface area contributed by atoms with Crippen LogP contribution in [0.25, 0.3) is 0 Å². The van der Waals surface area contributed by atoms with E-state index in [4.69, 9.17) is 22.2 Å². The van der Waals surface area contributed by atoms with Gasteiger partial charge in [-0.25, -0.2) is 0 Å². The lowest BCUT2D eigenvalue weighted by atomic mass is 9.67. The predicted octanol–water partition coefficient (Wildman–Crippen LogP) is 1.92. The summed E-state index contributed by atoms with van der Waals surface area (Å²) in [5, 5.41) is 12.8. The van der Waals surface area contributed by atoms with Crippen molar-refractivity contribution < 1.29 is 14.4 Å². The summed E-state index contributed by atoms with van der Waals surface area (Å²) < 4.78 is 0. The Balaban J connectivity index is 1.82. The first-order chi connectivity index (χ1) is 19.5. The monoisotopic (exact) mass is 557 g/mol. The molecular formula is C31H39N7O3. The summed E-state index contributed by atoms with van der Waals surface area (Å²) in [5.41, 5.74) is 21.7. The van der Waals surface area contributed by atoms with E-state index in [2.05, 4.69) is 11.4 Å². The van der Waals surface area contributed by atoms with Gasteiger partial charge in [0.05, 0.1) is 18.0 Å². The molecule has 2 aromatic carbocycles. The summed E-state index contributed by atoms with van der Waals surface area (Å²) in [5.74, 6) is -0.755.